The molecule has 0 aromatic heterocycles. The van der Waals surface area contributed by atoms with Gasteiger partial charge in [0.2, 0.25) is 0 Å². The summed E-state index contributed by atoms with van der Waals surface area (Å²) in [4.78, 5) is 11.2. The zero-order valence-electron chi connectivity index (χ0n) is 9.84. The van der Waals surface area contributed by atoms with E-state index in [1.54, 1.807) is 0 Å². The molecular weight excluding hydrogens is 176 g/mol. The van der Waals surface area contributed by atoms with Crippen molar-refractivity contribution >= 4 is 5.97 Å². The molecule has 0 rings (SSSR count). The van der Waals surface area contributed by atoms with Gasteiger partial charge in [-0.3, -0.25) is 4.79 Å². The Kier molecular flexibility index (Phi) is 8.70. The maximum Gasteiger partial charge on any atom is 0.305 e. The van der Waals surface area contributed by atoms with Gasteiger partial charge in [0, 0.05) is 6.42 Å². The maximum absolute atomic E-state index is 11.2. The Labute approximate surface area is 88.0 Å². The second kappa shape index (κ2) is 9.04. The summed E-state index contributed by atoms with van der Waals surface area (Å²) < 4.78 is 5.19. The molecule has 0 atom stereocenters. The molecule has 84 valence electrons. The first-order valence-electron chi connectivity index (χ1n) is 5.90. The maximum atomic E-state index is 11.2. The van der Waals surface area contributed by atoms with Gasteiger partial charge in [-0.1, -0.05) is 46.5 Å². The van der Waals surface area contributed by atoms with E-state index in [2.05, 4.69) is 20.8 Å². The lowest BCUT2D eigenvalue weighted by Crippen LogP contribution is -2.12. The van der Waals surface area contributed by atoms with E-state index in [1.807, 2.05) is 0 Å². The molecule has 2 nitrogen and oxygen atoms in total. The van der Waals surface area contributed by atoms with Crippen LogP contribution in [0.3, 0.4) is 0 Å². The first-order valence-corrected chi connectivity index (χ1v) is 5.90. The predicted octanol–water partition coefficient (Wildman–Crippen LogP) is 3.55. The fourth-order valence-electron chi connectivity index (χ4n) is 1.33. The van der Waals surface area contributed by atoms with E-state index in [1.165, 1.54) is 0 Å². The van der Waals surface area contributed by atoms with Crippen LogP contribution in [0.4, 0.5) is 0 Å². The highest BCUT2D eigenvalue weighted by atomic mass is 16.5. The summed E-state index contributed by atoms with van der Waals surface area (Å²) in [5.41, 5.74) is 0. The van der Waals surface area contributed by atoms with E-state index in [4.69, 9.17) is 4.74 Å². The van der Waals surface area contributed by atoms with Crippen LogP contribution in [0.25, 0.3) is 0 Å². The lowest BCUT2D eigenvalue weighted by molar-refractivity contribution is -0.145. The average molecular weight is 200 g/mol. The average Bonchev–Trinajstić information content (AvgIpc) is 2.20. The fourth-order valence-corrected chi connectivity index (χ4v) is 1.33. The molecule has 0 amide bonds. The molecule has 0 saturated heterocycles. The molecule has 0 unspecified atom stereocenters. The van der Waals surface area contributed by atoms with Crippen LogP contribution in [0.2, 0.25) is 0 Å². The van der Waals surface area contributed by atoms with Crippen molar-refractivity contribution in [3.8, 4) is 0 Å². The minimum absolute atomic E-state index is 0.0228. The second-order valence-corrected chi connectivity index (χ2v) is 3.82. The van der Waals surface area contributed by atoms with Crippen molar-refractivity contribution in [3.63, 3.8) is 0 Å². The fraction of sp³-hybridized carbons (Fsp3) is 0.917. The summed E-state index contributed by atoms with van der Waals surface area (Å²) in [7, 11) is 0. The summed E-state index contributed by atoms with van der Waals surface area (Å²) in [6, 6.07) is 0. The Bertz CT molecular complexity index is 139. The van der Waals surface area contributed by atoms with Crippen molar-refractivity contribution in [1.29, 1.82) is 0 Å². The number of unbranched alkanes of at least 4 members (excludes halogenated alkanes) is 2. The van der Waals surface area contributed by atoms with Crippen LogP contribution in [0, 0.1) is 5.92 Å². The number of ether oxygens (including phenoxy) is 1. The lowest BCUT2D eigenvalue weighted by atomic mass is 10.1. The van der Waals surface area contributed by atoms with E-state index >= 15 is 0 Å². The van der Waals surface area contributed by atoms with Gasteiger partial charge in [0.1, 0.15) is 0 Å². The summed E-state index contributed by atoms with van der Waals surface area (Å²) in [5, 5.41) is 0. The van der Waals surface area contributed by atoms with E-state index in [0.29, 0.717) is 18.9 Å². The molecule has 0 aliphatic carbocycles. The quantitative estimate of drug-likeness (QED) is 0.442. The molecule has 0 spiro atoms. The Hall–Kier alpha value is -0.530. The minimum Gasteiger partial charge on any atom is -0.465 e. The molecule has 0 aliphatic heterocycles. The van der Waals surface area contributed by atoms with Crippen molar-refractivity contribution in [2.24, 2.45) is 5.92 Å². The van der Waals surface area contributed by atoms with Crippen LogP contribution < -0.4 is 0 Å². The van der Waals surface area contributed by atoms with Crippen LogP contribution in [0.15, 0.2) is 0 Å². The third-order valence-corrected chi connectivity index (χ3v) is 2.62. The molecule has 0 radical (unpaired) electrons. The van der Waals surface area contributed by atoms with E-state index in [9.17, 15) is 4.79 Å². The van der Waals surface area contributed by atoms with E-state index < -0.39 is 0 Å². The smallest absolute Gasteiger partial charge is 0.305 e. The molecule has 0 heterocycles. The summed E-state index contributed by atoms with van der Waals surface area (Å²) in [6.07, 6.45) is 6.03. The second-order valence-electron chi connectivity index (χ2n) is 3.82. The molecule has 0 aromatic rings. The molecule has 0 N–H and O–H groups in total. The number of carbonyl (C=O) groups excluding carboxylic acids is 1. The normalized spacial score (nSPS) is 10.6. The third-order valence-electron chi connectivity index (χ3n) is 2.62. The highest BCUT2D eigenvalue weighted by Crippen LogP contribution is 2.09. The van der Waals surface area contributed by atoms with Crippen LogP contribution in [0.1, 0.15) is 59.3 Å². The van der Waals surface area contributed by atoms with Gasteiger partial charge < -0.3 is 4.74 Å². The molecule has 0 saturated carbocycles. The zero-order chi connectivity index (χ0) is 10.8. The summed E-state index contributed by atoms with van der Waals surface area (Å²) in [5.74, 6) is 0.524. The molecule has 0 aliphatic rings. The molecule has 14 heavy (non-hydrogen) atoms. The van der Waals surface area contributed by atoms with Gasteiger partial charge in [-0.15, -0.1) is 0 Å². The lowest BCUT2D eigenvalue weighted by Gasteiger charge is -2.12. The number of esters is 1. The molecular formula is C12H24O2. The topological polar surface area (TPSA) is 26.3 Å². The monoisotopic (exact) mass is 200 g/mol. The van der Waals surface area contributed by atoms with E-state index in [0.717, 1.165) is 32.1 Å². The highest BCUT2D eigenvalue weighted by molar-refractivity contribution is 5.69. The van der Waals surface area contributed by atoms with Gasteiger partial charge in [0.05, 0.1) is 6.61 Å². The summed E-state index contributed by atoms with van der Waals surface area (Å²) in [6.45, 7) is 7.02. The number of hydrogen-bond acceptors (Lipinski definition) is 2. The van der Waals surface area contributed by atoms with Gasteiger partial charge in [0.15, 0.2) is 0 Å². The molecule has 0 fully saturated rings. The van der Waals surface area contributed by atoms with Crippen molar-refractivity contribution in [3.05, 3.63) is 0 Å². The largest absolute Gasteiger partial charge is 0.465 e. The molecule has 0 bridgehead atoms. The van der Waals surface area contributed by atoms with Gasteiger partial charge in [-0.2, -0.15) is 0 Å². The minimum atomic E-state index is -0.0228. The van der Waals surface area contributed by atoms with E-state index in [-0.39, 0.29) is 5.97 Å². The van der Waals surface area contributed by atoms with Crippen LogP contribution in [0.5, 0.6) is 0 Å². The SMILES string of the molecule is CCCCCC(=O)OCC(CC)CC. The van der Waals surface area contributed by atoms with Crippen LogP contribution in [-0.4, -0.2) is 12.6 Å². The van der Waals surface area contributed by atoms with Crippen LogP contribution in [-0.2, 0) is 9.53 Å². The Morgan fingerprint density at radius 3 is 2.29 bits per heavy atom. The number of rotatable bonds is 8. The third kappa shape index (κ3) is 6.93. The number of hydrogen-bond donors (Lipinski definition) is 0. The van der Waals surface area contributed by atoms with Gasteiger partial charge in [0.25, 0.3) is 0 Å². The van der Waals surface area contributed by atoms with Crippen molar-refractivity contribution in [2.45, 2.75) is 59.3 Å². The van der Waals surface area contributed by atoms with Crippen molar-refractivity contribution < 1.29 is 9.53 Å². The highest BCUT2D eigenvalue weighted by Gasteiger charge is 2.07. The zero-order valence-corrected chi connectivity index (χ0v) is 9.84. The molecule has 2 heteroatoms. The Morgan fingerprint density at radius 1 is 1.14 bits per heavy atom. The van der Waals surface area contributed by atoms with Gasteiger partial charge in [-0.25, -0.2) is 0 Å². The van der Waals surface area contributed by atoms with Crippen molar-refractivity contribution in [1.82, 2.24) is 0 Å². The Balaban J connectivity index is 3.42. The number of carbonyl (C=O) groups is 1. The Morgan fingerprint density at radius 2 is 1.79 bits per heavy atom. The first kappa shape index (κ1) is 13.5. The standard InChI is InChI=1S/C12H24O2/c1-4-7-8-9-12(13)14-10-11(5-2)6-3/h11H,4-10H2,1-3H3. The first-order chi connectivity index (χ1) is 6.74. The van der Waals surface area contributed by atoms with Crippen molar-refractivity contribution in [2.75, 3.05) is 6.61 Å². The van der Waals surface area contributed by atoms with Crippen LogP contribution >= 0.6 is 0 Å². The summed E-state index contributed by atoms with van der Waals surface area (Å²) >= 11 is 0. The van der Waals surface area contributed by atoms with Gasteiger partial charge >= 0.3 is 5.97 Å². The van der Waals surface area contributed by atoms with Gasteiger partial charge in [-0.05, 0) is 12.3 Å². The molecule has 0 aromatic carbocycles. The predicted molar refractivity (Wildman–Crippen MR) is 59.2 cm³/mol.